The smallest absolute Gasteiger partial charge is 0.342 e. The lowest BCUT2D eigenvalue weighted by Crippen LogP contribution is -2.37. The van der Waals surface area contributed by atoms with Gasteiger partial charge in [-0.15, -0.1) is 12.4 Å². The largest absolute Gasteiger partial charge is 0.489 e. The maximum absolute atomic E-state index is 12.0. The molecular weight excluding hydrogens is 266 g/mol. The van der Waals surface area contributed by atoms with Gasteiger partial charge in [-0.05, 0) is 25.2 Å². The summed E-state index contributed by atoms with van der Waals surface area (Å²) >= 11 is 0. The van der Waals surface area contributed by atoms with Gasteiger partial charge < -0.3 is 14.4 Å². The van der Waals surface area contributed by atoms with Gasteiger partial charge in [0, 0.05) is 6.54 Å². The molecule has 0 N–H and O–H groups in total. The molecule has 0 aliphatic carbocycles. The molecule has 0 saturated carbocycles. The molecule has 0 amide bonds. The van der Waals surface area contributed by atoms with E-state index in [2.05, 4.69) is 18.7 Å². The van der Waals surface area contributed by atoms with Gasteiger partial charge in [-0.1, -0.05) is 26.0 Å². The van der Waals surface area contributed by atoms with Gasteiger partial charge in [0.15, 0.2) is 0 Å². The molecule has 5 heteroatoms. The Kier molecular flexibility index (Phi) is 6.12. The highest BCUT2D eigenvalue weighted by Crippen LogP contribution is 2.23. The standard InChI is InChI=1S/C14H19NO3.ClH/c1-3-15(4-2)9-11-10-17-13-8-6-5-7-12(13)14(16)18-11;/h5-8,11H,3-4,9-10H2,1-2H3;1H. The van der Waals surface area contributed by atoms with Gasteiger partial charge in [0.2, 0.25) is 0 Å². The van der Waals surface area contributed by atoms with E-state index >= 15 is 0 Å². The highest BCUT2D eigenvalue weighted by molar-refractivity contribution is 5.92. The summed E-state index contributed by atoms with van der Waals surface area (Å²) in [6.45, 7) is 7.20. The minimum absolute atomic E-state index is 0. The quantitative estimate of drug-likeness (QED) is 0.796. The molecule has 2 rings (SSSR count). The third-order valence-electron chi connectivity index (χ3n) is 3.16. The Hall–Kier alpha value is -1.26. The number of nitrogens with zero attached hydrogens (tertiary/aromatic N) is 1. The van der Waals surface area contributed by atoms with Crippen LogP contribution < -0.4 is 4.74 Å². The van der Waals surface area contributed by atoms with Crippen LogP contribution in [0.2, 0.25) is 0 Å². The van der Waals surface area contributed by atoms with E-state index in [1.54, 1.807) is 12.1 Å². The molecule has 0 bridgehead atoms. The molecule has 0 fully saturated rings. The predicted octanol–water partition coefficient (Wildman–Crippen LogP) is 2.37. The molecule has 1 unspecified atom stereocenters. The van der Waals surface area contributed by atoms with Crippen LogP contribution in [0.3, 0.4) is 0 Å². The van der Waals surface area contributed by atoms with Crippen molar-refractivity contribution in [2.24, 2.45) is 0 Å². The molecule has 19 heavy (non-hydrogen) atoms. The minimum Gasteiger partial charge on any atom is -0.489 e. The summed E-state index contributed by atoms with van der Waals surface area (Å²) in [7, 11) is 0. The van der Waals surface area contributed by atoms with Crippen LogP contribution in [0.4, 0.5) is 0 Å². The fourth-order valence-electron chi connectivity index (χ4n) is 2.05. The fourth-order valence-corrected chi connectivity index (χ4v) is 2.05. The number of hydrogen-bond acceptors (Lipinski definition) is 4. The maximum Gasteiger partial charge on any atom is 0.342 e. The van der Waals surface area contributed by atoms with Gasteiger partial charge in [-0.2, -0.15) is 0 Å². The van der Waals surface area contributed by atoms with Crippen LogP contribution in [-0.4, -0.2) is 43.2 Å². The third kappa shape index (κ3) is 3.85. The molecule has 1 atom stereocenters. The van der Waals surface area contributed by atoms with E-state index in [1.165, 1.54) is 0 Å². The van der Waals surface area contributed by atoms with E-state index < -0.39 is 0 Å². The summed E-state index contributed by atoms with van der Waals surface area (Å²) in [4.78, 5) is 14.2. The monoisotopic (exact) mass is 285 g/mol. The Morgan fingerprint density at radius 3 is 2.63 bits per heavy atom. The Morgan fingerprint density at radius 2 is 1.95 bits per heavy atom. The molecule has 1 aromatic carbocycles. The molecule has 1 aromatic rings. The van der Waals surface area contributed by atoms with E-state index in [9.17, 15) is 4.79 Å². The summed E-state index contributed by atoms with van der Waals surface area (Å²) < 4.78 is 11.1. The van der Waals surface area contributed by atoms with E-state index in [0.717, 1.165) is 13.1 Å². The number of carbonyl (C=O) groups excluding carboxylic acids is 1. The number of hydrogen-bond donors (Lipinski definition) is 0. The molecule has 0 radical (unpaired) electrons. The average Bonchev–Trinajstić information content (AvgIpc) is 2.56. The first kappa shape index (κ1) is 15.8. The van der Waals surface area contributed by atoms with Crippen LogP contribution in [0, 0.1) is 0 Å². The van der Waals surface area contributed by atoms with E-state index in [-0.39, 0.29) is 24.5 Å². The molecule has 1 heterocycles. The molecular formula is C14H20ClNO3. The van der Waals surface area contributed by atoms with E-state index in [0.29, 0.717) is 24.5 Å². The number of cyclic esters (lactones) is 1. The SMILES string of the molecule is CCN(CC)CC1COc2ccccc2C(=O)O1.Cl. The van der Waals surface area contributed by atoms with Crippen LogP contribution in [0.1, 0.15) is 24.2 Å². The van der Waals surface area contributed by atoms with Crippen molar-refractivity contribution in [2.45, 2.75) is 20.0 Å². The third-order valence-corrected chi connectivity index (χ3v) is 3.16. The number of fused-ring (bicyclic) bond motifs is 1. The topological polar surface area (TPSA) is 38.8 Å². The summed E-state index contributed by atoms with van der Waals surface area (Å²) in [6, 6.07) is 7.21. The van der Waals surface area contributed by atoms with Crippen LogP contribution in [0.15, 0.2) is 24.3 Å². The summed E-state index contributed by atoms with van der Waals surface area (Å²) in [6.07, 6.45) is -0.204. The minimum atomic E-state index is -0.291. The molecule has 1 aliphatic rings. The van der Waals surface area contributed by atoms with Crippen molar-refractivity contribution >= 4 is 18.4 Å². The number of para-hydroxylation sites is 1. The van der Waals surface area contributed by atoms with Gasteiger partial charge in [0.25, 0.3) is 0 Å². The van der Waals surface area contributed by atoms with Crippen molar-refractivity contribution in [1.29, 1.82) is 0 Å². The summed E-state index contributed by atoms with van der Waals surface area (Å²) in [5.41, 5.74) is 0.513. The first-order valence-corrected chi connectivity index (χ1v) is 6.39. The van der Waals surface area contributed by atoms with Crippen molar-refractivity contribution in [2.75, 3.05) is 26.2 Å². The van der Waals surface area contributed by atoms with Crippen molar-refractivity contribution in [3.05, 3.63) is 29.8 Å². The number of likely N-dealkylation sites (N-methyl/N-ethyl adjacent to an activating group) is 1. The zero-order chi connectivity index (χ0) is 13.0. The number of esters is 1. The number of benzene rings is 1. The molecule has 0 saturated heterocycles. The van der Waals surface area contributed by atoms with Gasteiger partial charge >= 0.3 is 5.97 Å². The van der Waals surface area contributed by atoms with Gasteiger partial charge in [0.05, 0.1) is 0 Å². The van der Waals surface area contributed by atoms with Crippen LogP contribution in [0.5, 0.6) is 5.75 Å². The second-order valence-corrected chi connectivity index (χ2v) is 4.32. The van der Waals surface area contributed by atoms with Crippen molar-refractivity contribution in [3.63, 3.8) is 0 Å². The maximum atomic E-state index is 12.0. The van der Waals surface area contributed by atoms with Crippen LogP contribution in [-0.2, 0) is 4.74 Å². The Morgan fingerprint density at radius 1 is 1.26 bits per heavy atom. The Bertz CT molecular complexity index is 421. The zero-order valence-corrected chi connectivity index (χ0v) is 12.1. The normalized spacial score (nSPS) is 17.8. The second-order valence-electron chi connectivity index (χ2n) is 4.32. The lowest BCUT2D eigenvalue weighted by Gasteiger charge is -2.23. The summed E-state index contributed by atoms with van der Waals surface area (Å²) in [5, 5.41) is 0. The molecule has 106 valence electrons. The number of carbonyl (C=O) groups is 1. The average molecular weight is 286 g/mol. The van der Waals surface area contributed by atoms with Gasteiger partial charge in [-0.3, -0.25) is 0 Å². The zero-order valence-electron chi connectivity index (χ0n) is 11.3. The van der Waals surface area contributed by atoms with Crippen molar-refractivity contribution in [1.82, 2.24) is 4.90 Å². The first-order valence-electron chi connectivity index (χ1n) is 6.39. The lowest BCUT2D eigenvalue weighted by atomic mass is 10.2. The van der Waals surface area contributed by atoms with E-state index in [4.69, 9.17) is 9.47 Å². The summed E-state index contributed by atoms with van der Waals surface area (Å²) in [5.74, 6) is 0.324. The number of ether oxygens (including phenoxy) is 2. The first-order chi connectivity index (χ1) is 8.74. The highest BCUT2D eigenvalue weighted by Gasteiger charge is 2.25. The van der Waals surface area contributed by atoms with Crippen molar-refractivity contribution in [3.8, 4) is 5.75 Å². The lowest BCUT2D eigenvalue weighted by molar-refractivity contribution is 0.0131. The van der Waals surface area contributed by atoms with E-state index in [1.807, 2.05) is 12.1 Å². The second kappa shape index (κ2) is 7.36. The number of halogens is 1. The molecule has 0 aromatic heterocycles. The van der Waals surface area contributed by atoms with Gasteiger partial charge in [0.1, 0.15) is 24.0 Å². The van der Waals surface area contributed by atoms with Gasteiger partial charge in [-0.25, -0.2) is 4.79 Å². The van der Waals surface area contributed by atoms with Crippen molar-refractivity contribution < 1.29 is 14.3 Å². The van der Waals surface area contributed by atoms with Crippen LogP contribution >= 0.6 is 12.4 Å². The Labute approximate surface area is 120 Å². The molecule has 1 aliphatic heterocycles. The molecule has 0 spiro atoms. The highest BCUT2D eigenvalue weighted by atomic mass is 35.5. The predicted molar refractivity (Wildman–Crippen MR) is 76.2 cm³/mol. The van der Waals surface area contributed by atoms with Crippen LogP contribution in [0.25, 0.3) is 0 Å². The number of rotatable bonds is 4. The molecule has 4 nitrogen and oxygen atoms in total. The fraction of sp³-hybridized carbons (Fsp3) is 0.500. The Balaban J connectivity index is 0.00000180.